The fraction of sp³-hybridized carbons (Fsp3) is 0.0435. The number of rotatable bonds is 7. The fourth-order valence-corrected chi connectivity index (χ4v) is 3.75. The van der Waals surface area contributed by atoms with Crippen LogP contribution in [0.5, 0.6) is 0 Å². The number of carbonyl (C=O) groups is 1. The second-order valence-corrected chi connectivity index (χ2v) is 7.97. The molecule has 4 aromatic rings. The van der Waals surface area contributed by atoms with Crippen molar-refractivity contribution in [2.75, 3.05) is 5.75 Å². The minimum atomic E-state index is -0.413. The third kappa shape index (κ3) is 5.22. The highest BCUT2D eigenvalue weighted by molar-refractivity contribution is 7.99. The summed E-state index contributed by atoms with van der Waals surface area (Å²) in [5.41, 5.74) is 4.40. The van der Waals surface area contributed by atoms with Crippen LogP contribution in [0.15, 0.2) is 89.1 Å². The number of aromatic nitrogens is 3. The van der Waals surface area contributed by atoms with Crippen molar-refractivity contribution in [2.45, 2.75) is 5.16 Å². The number of hydrogen-bond donors (Lipinski definition) is 1. The first kappa shape index (κ1) is 21.7. The van der Waals surface area contributed by atoms with Crippen LogP contribution < -0.4 is 5.43 Å². The van der Waals surface area contributed by atoms with E-state index >= 15 is 0 Å². The highest BCUT2D eigenvalue weighted by Gasteiger charge is 2.17. The van der Waals surface area contributed by atoms with Gasteiger partial charge in [-0.25, -0.2) is 9.82 Å². The fourth-order valence-electron chi connectivity index (χ4n) is 2.88. The summed E-state index contributed by atoms with van der Waals surface area (Å²) in [4.78, 5) is 12.2. The Labute approximate surface area is 193 Å². The standard InChI is InChI=1S/C23H17ClFN5OS/c24-18-10-12-19(13-11-18)30-22(16-6-2-1-3-7-16)28-29-23(30)32-15-21(31)27-26-14-17-8-4-5-9-20(17)25/h1-14H,15H2,(H,27,31)/b26-14-. The van der Waals surface area contributed by atoms with Gasteiger partial charge in [0.2, 0.25) is 0 Å². The van der Waals surface area contributed by atoms with Gasteiger partial charge in [0.25, 0.3) is 5.91 Å². The van der Waals surface area contributed by atoms with Crippen LogP contribution in [0, 0.1) is 5.82 Å². The van der Waals surface area contributed by atoms with Gasteiger partial charge in [0.05, 0.1) is 12.0 Å². The van der Waals surface area contributed by atoms with Crippen molar-refractivity contribution in [3.8, 4) is 17.1 Å². The highest BCUT2D eigenvalue weighted by atomic mass is 35.5. The van der Waals surface area contributed by atoms with E-state index in [1.54, 1.807) is 30.3 Å². The summed E-state index contributed by atoms with van der Waals surface area (Å²) in [6.07, 6.45) is 1.27. The zero-order valence-corrected chi connectivity index (χ0v) is 18.2. The number of carbonyl (C=O) groups excluding carboxylic acids is 1. The quantitative estimate of drug-likeness (QED) is 0.237. The zero-order chi connectivity index (χ0) is 22.3. The minimum absolute atomic E-state index is 0.0507. The van der Waals surface area contributed by atoms with Crippen molar-refractivity contribution in [3.63, 3.8) is 0 Å². The van der Waals surface area contributed by atoms with E-state index in [1.807, 2.05) is 47.0 Å². The Morgan fingerprint density at radius 1 is 1.03 bits per heavy atom. The lowest BCUT2D eigenvalue weighted by Crippen LogP contribution is -2.20. The maximum Gasteiger partial charge on any atom is 0.250 e. The van der Waals surface area contributed by atoms with Crippen molar-refractivity contribution >= 4 is 35.5 Å². The van der Waals surface area contributed by atoms with Crippen molar-refractivity contribution in [2.24, 2.45) is 5.10 Å². The van der Waals surface area contributed by atoms with Gasteiger partial charge in [-0.3, -0.25) is 9.36 Å². The molecule has 0 saturated heterocycles. The van der Waals surface area contributed by atoms with E-state index < -0.39 is 5.82 Å². The van der Waals surface area contributed by atoms with Gasteiger partial charge >= 0.3 is 0 Å². The molecule has 1 N–H and O–H groups in total. The summed E-state index contributed by atoms with van der Waals surface area (Å²) in [7, 11) is 0. The maximum absolute atomic E-state index is 13.6. The Hall–Kier alpha value is -3.49. The molecular formula is C23H17ClFN5OS. The van der Waals surface area contributed by atoms with Crippen molar-refractivity contribution in [3.05, 3.63) is 95.3 Å². The molecule has 0 unspecified atom stereocenters. The van der Waals surface area contributed by atoms with Gasteiger partial charge in [-0.15, -0.1) is 10.2 Å². The van der Waals surface area contributed by atoms with Crippen LogP contribution in [0.25, 0.3) is 17.1 Å². The lowest BCUT2D eigenvalue weighted by Gasteiger charge is -2.10. The van der Waals surface area contributed by atoms with Gasteiger partial charge in [0.15, 0.2) is 11.0 Å². The van der Waals surface area contributed by atoms with Gasteiger partial charge in [-0.05, 0) is 30.3 Å². The van der Waals surface area contributed by atoms with Gasteiger partial charge in [0, 0.05) is 21.8 Å². The summed E-state index contributed by atoms with van der Waals surface area (Å²) in [6.45, 7) is 0. The van der Waals surface area contributed by atoms with Gasteiger partial charge in [-0.2, -0.15) is 5.10 Å². The van der Waals surface area contributed by atoms with E-state index in [1.165, 1.54) is 24.0 Å². The summed E-state index contributed by atoms with van der Waals surface area (Å²) >= 11 is 7.25. The number of nitrogens with one attached hydrogen (secondary N) is 1. The molecule has 0 spiro atoms. The maximum atomic E-state index is 13.6. The van der Waals surface area contributed by atoms with E-state index in [0.29, 0.717) is 16.0 Å². The molecule has 1 aromatic heterocycles. The Morgan fingerprint density at radius 3 is 2.50 bits per heavy atom. The average molecular weight is 466 g/mol. The second-order valence-electron chi connectivity index (χ2n) is 6.59. The van der Waals surface area contributed by atoms with Gasteiger partial charge < -0.3 is 0 Å². The number of thioether (sulfide) groups is 1. The lowest BCUT2D eigenvalue weighted by molar-refractivity contribution is -0.118. The minimum Gasteiger partial charge on any atom is -0.272 e. The molecule has 0 atom stereocenters. The molecule has 1 heterocycles. The first-order chi connectivity index (χ1) is 15.6. The van der Waals surface area contributed by atoms with E-state index in [-0.39, 0.29) is 17.2 Å². The third-order valence-electron chi connectivity index (χ3n) is 4.38. The molecule has 0 radical (unpaired) electrons. The molecule has 3 aromatic carbocycles. The van der Waals surface area contributed by atoms with Crippen LogP contribution in [0.4, 0.5) is 4.39 Å². The Morgan fingerprint density at radius 2 is 1.75 bits per heavy atom. The molecule has 0 aliphatic heterocycles. The molecular weight excluding hydrogens is 449 g/mol. The monoisotopic (exact) mass is 465 g/mol. The number of nitrogens with zero attached hydrogens (tertiary/aromatic N) is 4. The third-order valence-corrected chi connectivity index (χ3v) is 5.56. The number of amides is 1. The van der Waals surface area contributed by atoms with Crippen LogP contribution in [-0.2, 0) is 4.79 Å². The van der Waals surface area contributed by atoms with E-state index in [9.17, 15) is 9.18 Å². The molecule has 4 rings (SSSR count). The van der Waals surface area contributed by atoms with Crippen LogP contribution in [0.2, 0.25) is 5.02 Å². The number of halogens is 2. The van der Waals surface area contributed by atoms with Crippen LogP contribution in [-0.4, -0.2) is 32.6 Å². The Kier molecular flexibility index (Phi) is 6.94. The highest BCUT2D eigenvalue weighted by Crippen LogP contribution is 2.28. The van der Waals surface area contributed by atoms with Crippen molar-refractivity contribution in [1.29, 1.82) is 0 Å². The van der Waals surface area contributed by atoms with E-state index in [2.05, 4.69) is 20.7 Å². The molecule has 0 saturated carbocycles. The number of hydrazone groups is 1. The summed E-state index contributed by atoms with van der Waals surface area (Å²) < 4.78 is 15.5. The van der Waals surface area contributed by atoms with Crippen molar-refractivity contribution < 1.29 is 9.18 Å². The first-order valence-electron chi connectivity index (χ1n) is 9.58. The summed E-state index contributed by atoms with van der Waals surface area (Å²) in [5, 5.41) is 13.6. The largest absolute Gasteiger partial charge is 0.272 e. The Balaban J connectivity index is 1.51. The van der Waals surface area contributed by atoms with Gasteiger partial charge in [0.1, 0.15) is 5.82 Å². The first-order valence-corrected chi connectivity index (χ1v) is 10.9. The SMILES string of the molecule is O=C(CSc1nnc(-c2ccccc2)n1-c1ccc(Cl)cc1)N/N=C\c1ccccc1F. The van der Waals surface area contributed by atoms with Crippen molar-refractivity contribution in [1.82, 2.24) is 20.2 Å². The number of hydrogen-bond acceptors (Lipinski definition) is 5. The van der Waals surface area contributed by atoms with Crippen LogP contribution in [0.1, 0.15) is 5.56 Å². The molecule has 32 heavy (non-hydrogen) atoms. The molecule has 160 valence electrons. The second kappa shape index (κ2) is 10.2. The predicted octanol–water partition coefficient (Wildman–Crippen LogP) is 4.97. The average Bonchev–Trinajstić information content (AvgIpc) is 3.24. The molecule has 9 heteroatoms. The zero-order valence-electron chi connectivity index (χ0n) is 16.7. The van der Waals surface area contributed by atoms with Crippen LogP contribution >= 0.6 is 23.4 Å². The molecule has 1 amide bonds. The van der Waals surface area contributed by atoms with E-state index in [0.717, 1.165) is 11.3 Å². The smallest absolute Gasteiger partial charge is 0.250 e. The van der Waals surface area contributed by atoms with E-state index in [4.69, 9.17) is 11.6 Å². The topological polar surface area (TPSA) is 72.2 Å². The summed E-state index contributed by atoms with van der Waals surface area (Å²) in [5.74, 6) is -0.0675. The lowest BCUT2D eigenvalue weighted by atomic mass is 10.2. The molecule has 0 aliphatic rings. The molecule has 6 nitrogen and oxygen atoms in total. The van der Waals surface area contributed by atoms with Gasteiger partial charge in [-0.1, -0.05) is 71.9 Å². The predicted molar refractivity (Wildman–Crippen MR) is 125 cm³/mol. The molecule has 0 aliphatic carbocycles. The molecule has 0 bridgehead atoms. The van der Waals surface area contributed by atoms with Crippen LogP contribution in [0.3, 0.4) is 0 Å². The number of benzene rings is 3. The summed E-state index contributed by atoms with van der Waals surface area (Å²) in [6, 6.07) is 23.1. The molecule has 0 fully saturated rings. The Bertz CT molecular complexity index is 1240. The normalized spacial score (nSPS) is 11.1.